The summed E-state index contributed by atoms with van der Waals surface area (Å²) in [6.45, 7) is 1.72. The Morgan fingerprint density at radius 2 is 2.16 bits per heavy atom. The van der Waals surface area contributed by atoms with Crippen molar-refractivity contribution in [1.29, 1.82) is 0 Å². The molecule has 0 aliphatic carbocycles. The van der Waals surface area contributed by atoms with Crippen molar-refractivity contribution in [2.75, 3.05) is 11.1 Å². The largest absolute Gasteiger partial charge is 0.399 e. The number of anilines is 3. The number of rotatable bonds is 3. The summed E-state index contributed by atoms with van der Waals surface area (Å²) in [5, 5.41) is 14.1. The van der Waals surface area contributed by atoms with E-state index in [1.165, 1.54) is 12.3 Å². The molecule has 0 saturated heterocycles. The number of nitrogens with one attached hydrogen (secondary N) is 1. The number of aromatic nitrogens is 1. The Morgan fingerprint density at radius 1 is 1.42 bits per heavy atom. The van der Waals surface area contributed by atoms with Crippen LogP contribution in [0.1, 0.15) is 5.56 Å². The lowest BCUT2D eigenvalue weighted by atomic mass is 10.2. The van der Waals surface area contributed by atoms with Crippen LogP contribution >= 0.6 is 11.6 Å². The van der Waals surface area contributed by atoms with E-state index < -0.39 is 4.92 Å². The van der Waals surface area contributed by atoms with E-state index in [-0.39, 0.29) is 5.69 Å². The molecule has 0 radical (unpaired) electrons. The van der Waals surface area contributed by atoms with E-state index in [0.29, 0.717) is 27.8 Å². The van der Waals surface area contributed by atoms with Gasteiger partial charge in [0.1, 0.15) is 12.0 Å². The van der Waals surface area contributed by atoms with E-state index in [4.69, 9.17) is 17.3 Å². The normalized spacial score (nSPS) is 10.2. The van der Waals surface area contributed by atoms with Crippen LogP contribution in [0.25, 0.3) is 0 Å². The molecule has 19 heavy (non-hydrogen) atoms. The quantitative estimate of drug-likeness (QED) is 0.510. The van der Waals surface area contributed by atoms with Crippen molar-refractivity contribution in [1.82, 2.24) is 4.98 Å². The van der Waals surface area contributed by atoms with E-state index >= 15 is 0 Å². The molecule has 3 N–H and O–H groups in total. The summed E-state index contributed by atoms with van der Waals surface area (Å²) >= 11 is 6.03. The molecule has 1 aromatic heterocycles. The van der Waals surface area contributed by atoms with Crippen LogP contribution in [0.4, 0.5) is 22.9 Å². The zero-order chi connectivity index (χ0) is 14.0. The second kappa shape index (κ2) is 5.11. The average molecular weight is 279 g/mol. The third-order valence-corrected chi connectivity index (χ3v) is 2.85. The van der Waals surface area contributed by atoms with Crippen LogP contribution in [0.2, 0.25) is 5.02 Å². The van der Waals surface area contributed by atoms with Gasteiger partial charge in [-0.15, -0.1) is 0 Å². The molecule has 6 nitrogen and oxygen atoms in total. The first kappa shape index (κ1) is 13.1. The predicted octanol–water partition coefficient (Wildman–Crippen LogP) is 3.28. The number of pyridine rings is 1. The highest BCUT2D eigenvalue weighted by atomic mass is 35.5. The Morgan fingerprint density at radius 3 is 2.79 bits per heavy atom. The second-order valence-corrected chi connectivity index (χ2v) is 4.39. The van der Waals surface area contributed by atoms with Crippen LogP contribution in [0.15, 0.2) is 30.5 Å². The van der Waals surface area contributed by atoms with Crippen molar-refractivity contribution in [2.45, 2.75) is 6.92 Å². The maximum absolute atomic E-state index is 10.6. The van der Waals surface area contributed by atoms with E-state index in [1.807, 2.05) is 0 Å². The highest BCUT2D eigenvalue weighted by molar-refractivity contribution is 6.33. The van der Waals surface area contributed by atoms with Crippen molar-refractivity contribution in [2.24, 2.45) is 0 Å². The summed E-state index contributed by atoms with van der Waals surface area (Å²) in [5.41, 5.74) is 7.43. The number of benzene rings is 1. The molecule has 98 valence electrons. The first-order valence-electron chi connectivity index (χ1n) is 5.40. The maximum atomic E-state index is 10.6. The van der Waals surface area contributed by atoms with Gasteiger partial charge >= 0.3 is 0 Å². The Balaban J connectivity index is 2.33. The molecule has 0 amide bonds. The Labute approximate surface area is 114 Å². The van der Waals surface area contributed by atoms with Gasteiger partial charge in [0.15, 0.2) is 0 Å². The molecule has 1 heterocycles. The molecular formula is C12H11ClN4O2. The first-order chi connectivity index (χ1) is 8.97. The Kier molecular flexibility index (Phi) is 3.52. The fourth-order valence-corrected chi connectivity index (χ4v) is 1.72. The SMILES string of the molecule is Cc1cc([N+](=O)[O-])cnc1Nc1cc(N)ccc1Cl. The van der Waals surface area contributed by atoms with Crippen LogP contribution in [-0.2, 0) is 0 Å². The number of nitrogens with zero attached hydrogens (tertiary/aromatic N) is 2. The minimum Gasteiger partial charge on any atom is -0.399 e. The zero-order valence-corrected chi connectivity index (χ0v) is 10.8. The molecule has 0 atom stereocenters. The molecule has 0 unspecified atom stereocenters. The lowest BCUT2D eigenvalue weighted by Gasteiger charge is -2.10. The van der Waals surface area contributed by atoms with Gasteiger partial charge in [-0.25, -0.2) is 4.98 Å². The van der Waals surface area contributed by atoms with Crippen molar-refractivity contribution < 1.29 is 4.92 Å². The summed E-state index contributed by atoms with van der Waals surface area (Å²) < 4.78 is 0. The van der Waals surface area contributed by atoms with Crippen LogP contribution < -0.4 is 11.1 Å². The van der Waals surface area contributed by atoms with Crippen LogP contribution in [-0.4, -0.2) is 9.91 Å². The lowest BCUT2D eigenvalue weighted by molar-refractivity contribution is -0.385. The smallest absolute Gasteiger partial charge is 0.287 e. The Hall–Kier alpha value is -2.34. The zero-order valence-electron chi connectivity index (χ0n) is 10.1. The third kappa shape index (κ3) is 2.92. The minimum absolute atomic E-state index is 0.0540. The number of hydrogen-bond donors (Lipinski definition) is 2. The fourth-order valence-electron chi connectivity index (χ4n) is 1.56. The number of aryl methyl sites for hydroxylation is 1. The van der Waals surface area contributed by atoms with Crippen LogP contribution in [0, 0.1) is 17.0 Å². The van der Waals surface area contributed by atoms with Gasteiger partial charge in [0, 0.05) is 11.8 Å². The molecule has 2 rings (SSSR count). The summed E-state index contributed by atoms with van der Waals surface area (Å²) in [6.07, 6.45) is 1.19. The maximum Gasteiger partial charge on any atom is 0.287 e. The highest BCUT2D eigenvalue weighted by Gasteiger charge is 2.10. The van der Waals surface area contributed by atoms with Gasteiger partial charge in [-0.1, -0.05) is 11.6 Å². The highest BCUT2D eigenvalue weighted by Crippen LogP contribution is 2.28. The second-order valence-electron chi connectivity index (χ2n) is 3.98. The molecular weight excluding hydrogens is 268 g/mol. The van der Waals surface area contributed by atoms with Crippen molar-refractivity contribution in [3.05, 3.63) is 51.2 Å². The fraction of sp³-hybridized carbons (Fsp3) is 0.0833. The van der Waals surface area contributed by atoms with Crippen molar-refractivity contribution in [3.63, 3.8) is 0 Å². The lowest BCUT2D eigenvalue weighted by Crippen LogP contribution is -1.99. The van der Waals surface area contributed by atoms with Crippen LogP contribution in [0.5, 0.6) is 0 Å². The van der Waals surface area contributed by atoms with Gasteiger partial charge in [0.25, 0.3) is 5.69 Å². The monoisotopic (exact) mass is 278 g/mol. The molecule has 0 saturated carbocycles. The first-order valence-corrected chi connectivity index (χ1v) is 5.78. The van der Waals surface area contributed by atoms with Crippen LogP contribution in [0.3, 0.4) is 0 Å². The summed E-state index contributed by atoms with van der Waals surface area (Å²) in [4.78, 5) is 14.2. The van der Waals surface area contributed by atoms with Gasteiger partial charge in [0.05, 0.1) is 15.6 Å². The summed E-state index contributed by atoms with van der Waals surface area (Å²) in [7, 11) is 0. The van der Waals surface area contributed by atoms with Gasteiger partial charge < -0.3 is 11.1 Å². The van der Waals surface area contributed by atoms with E-state index in [9.17, 15) is 10.1 Å². The summed E-state index contributed by atoms with van der Waals surface area (Å²) in [5.74, 6) is 0.498. The van der Waals surface area contributed by atoms with E-state index in [0.717, 1.165) is 0 Å². The minimum atomic E-state index is -0.489. The van der Waals surface area contributed by atoms with E-state index in [2.05, 4.69) is 10.3 Å². The average Bonchev–Trinajstić information content (AvgIpc) is 2.36. The number of nitro groups is 1. The van der Waals surface area contributed by atoms with Gasteiger partial charge in [0.2, 0.25) is 0 Å². The van der Waals surface area contributed by atoms with Crippen molar-refractivity contribution >= 4 is 34.5 Å². The number of nitrogen functional groups attached to an aromatic ring is 1. The van der Waals surface area contributed by atoms with Gasteiger partial charge in [-0.05, 0) is 30.7 Å². The molecule has 2 aromatic rings. The molecule has 0 aliphatic rings. The number of hydrogen-bond acceptors (Lipinski definition) is 5. The van der Waals surface area contributed by atoms with Gasteiger partial charge in [-0.3, -0.25) is 10.1 Å². The molecule has 7 heteroatoms. The molecule has 0 fully saturated rings. The predicted molar refractivity (Wildman–Crippen MR) is 74.8 cm³/mol. The standard InChI is InChI=1S/C12H11ClN4O2/c1-7-4-9(17(18)19)6-15-12(7)16-11-5-8(14)2-3-10(11)13/h2-6H,14H2,1H3,(H,15,16). The third-order valence-electron chi connectivity index (χ3n) is 2.52. The van der Waals surface area contributed by atoms with E-state index in [1.54, 1.807) is 25.1 Å². The molecule has 0 bridgehead atoms. The number of halogens is 1. The summed E-state index contributed by atoms with van der Waals surface area (Å²) in [6, 6.07) is 6.46. The topological polar surface area (TPSA) is 94.1 Å². The van der Waals surface area contributed by atoms with Crippen molar-refractivity contribution in [3.8, 4) is 0 Å². The number of nitrogens with two attached hydrogens (primary N) is 1. The molecule has 1 aromatic carbocycles. The van der Waals surface area contributed by atoms with Gasteiger partial charge in [-0.2, -0.15) is 0 Å². The molecule has 0 spiro atoms. The molecule has 0 aliphatic heterocycles. The Bertz CT molecular complexity index is 646.